The first-order chi connectivity index (χ1) is 20.2. The molecule has 0 radical (unpaired) electrons. The van der Waals surface area contributed by atoms with Gasteiger partial charge in [0.25, 0.3) is 0 Å². The number of rotatable bonds is 9. The molecule has 4 N–H and O–H groups in total. The Balaban J connectivity index is 1.27. The number of benzene rings is 3. The van der Waals surface area contributed by atoms with Crippen LogP contribution in [0.3, 0.4) is 0 Å². The predicted octanol–water partition coefficient (Wildman–Crippen LogP) is 6.82. The molecule has 0 aromatic heterocycles. The van der Waals surface area contributed by atoms with Crippen LogP contribution < -0.4 is 31.6 Å². The molecular formula is C31H27F2N5O3S. The lowest BCUT2D eigenvalue weighted by molar-refractivity contribution is 0.143. The van der Waals surface area contributed by atoms with Crippen molar-refractivity contribution in [1.29, 1.82) is 0 Å². The highest BCUT2D eigenvalue weighted by Crippen LogP contribution is 2.31. The van der Waals surface area contributed by atoms with Crippen LogP contribution in [-0.4, -0.2) is 30.3 Å². The van der Waals surface area contributed by atoms with Gasteiger partial charge in [-0.3, -0.25) is 9.69 Å². The lowest BCUT2D eigenvalue weighted by atomic mass is 10.2. The first-order valence-corrected chi connectivity index (χ1v) is 13.5. The smallest absolute Gasteiger partial charge is 0.414 e. The molecular weight excluding hydrogens is 560 g/mol. The van der Waals surface area contributed by atoms with E-state index in [1.807, 2.05) is 54.6 Å². The molecule has 0 aliphatic carbocycles. The Morgan fingerprint density at radius 2 is 1.40 bits per heavy atom. The van der Waals surface area contributed by atoms with E-state index in [9.17, 15) is 9.59 Å². The Hall–Kier alpha value is -5.03. The Morgan fingerprint density at radius 3 is 2.07 bits per heavy atom. The van der Waals surface area contributed by atoms with E-state index >= 15 is 8.78 Å². The zero-order valence-corrected chi connectivity index (χ0v) is 23.3. The number of nitrogens with zero attached hydrogens (tertiary/aromatic N) is 1. The van der Waals surface area contributed by atoms with E-state index in [-0.39, 0.29) is 29.0 Å². The number of halogens is 2. The first-order valence-electron chi connectivity index (χ1n) is 13.1. The molecule has 4 aromatic rings. The SMILES string of the molecule is CC(=S)NC[C@H]1CN(c2cc(F)c(Nc3ccc(Nc4ccc(Nc5ccccc5)cc4)c(=O)cc3)c(F)c2)C(=O)O1. The molecule has 4 aromatic carbocycles. The summed E-state index contributed by atoms with van der Waals surface area (Å²) in [7, 11) is 0. The number of thiocarbonyl (C=S) groups is 1. The number of ether oxygens (including phenoxy) is 1. The minimum absolute atomic E-state index is 0.0269. The van der Waals surface area contributed by atoms with Gasteiger partial charge >= 0.3 is 6.09 Å². The van der Waals surface area contributed by atoms with Crippen molar-refractivity contribution in [2.75, 3.05) is 33.9 Å². The molecule has 1 fully saturated rings. The van der Waals surface area contributed by atoms with Crippen LogP contribution in [0.1, 0.15) is 6.92 Å². The number of para-hydroxylation sites is 1. The second-order valence-electron chi connectivity index (χ2n) is 9.56. The van der Waals surface area contributed by atoms with Crippen LogP contribution in [-0.2, 0) is 4.74 Å². The summed E-state index contributed by atoms with van der Waals surface area (Å²) in [5.74, 6) is -1.82. The molecule has 214 valence electrons. The number of nitrogens with one attached hydrogen (secondary N) is 4. The average molecular weight is 588 g/mol. The van der Waals surface area contributed by atoms with Gasteiger partial charge in [0, 0.05) is 34.9 Å². The highest BCUT2D eigenvalue weighted by Gasteiger charge is 2.33. The van der Waals surface area contributed by atoms with Gasteiger partial charge < -0.3 is 26.0 Å². The summed E-state index contributed by atoms with van der Waals surface area (Å²) < 4.78 is 35.4. The van der Waals surface area contributed by atoms with Crippen LogP contribution in [0.25, 0.3) is 0 Å². The minimum Gasteiger partial charge on any atom is -0.442 e. The highest BCUT2D eigenvalue weighted by molar-refractivity contribution is 7.80. The van der Waals surface area contributed by atoms with E-state index in [2.05, 4.69) is 21.3 Å². The third-order valence-electron chi connectivity index (χ3n) is 6.40. The van der Waals surface area contributed by atoms with Gasteiger partial charge in [-0.25, -0.2) is 13.6 Å². The van der Waals surface area contributed by atoms with Gasteiger partial charge in [-0.2, -0.15) is 0 Å². The summed E-state index contributed by atoms with van der Waals surface area (Å²) in [5, 5.41) is 12.0. The largest absolute Gasteiger partial charge is 0.442 e. The Morgan fingerprint density at radius 1 is 0.833 bits per heavy atom. The Bertz CT molecular complexity index is 1650. The van der Waals surface area contributed by atoms with E-state index in [4.69, 9.17) is 17.0 Å². The van der Waals surface area contributed by atoms with Gasteiger partial charge in [0.15, 0.2) is 11.6 Å². The number of hydrogen-bond donors (Lipinski definition) is 4. The summed E-state index contributed by atoms with van der Waals surface area (Å²) in [6.07, 6.45) is -1.22. The Kier molecular flexibility index (Phi) is 8.58. The minimum atomic E-state index is -0.912. The predicted molar refractivity (Wildman–Crippen MR) is 166 cm³/mol. The number of carbonyl (C=O) groups is 1. The van der Waals surface area contributed by atoms with E-state index in [1.54, 1.807) is 6.92 Å². The molecule has 1 aliphatic heterocycles. The van der Waals surface area contributed by atoms with Crippen molar-refractivity contribution < 1.29 is 18.3 Å². The molecule has 0 spiro atoms. The van der Waals surface area contributed by atoms with Gasteiger partial charge in [-0.15, -0.1) is 0 Å². The summed E-state index contributed by atoms with van der Waals surface area (Å²) in [6.45, 7) is 2.11. The van der Waals surface area contributed by atoms with Gasteiger partial charge in [0.1, 0.15) is 11.8 Å². The number of hydrogen-bond acceptors (Lipinski definition) is 7. The van der Waals surface area contributed by atoms with E-state index in [1.165, 1.54) is 24.3 Å². The van der Waals surface area contributed by atoms with Crippen molar-refractivity contribution in [2.24, 2.45) is 0 Å². The van der Waals surface area contributed by atoms with Gasteiger partial charge in [0.2, 0.25) is 5.43 Å². The fourth-order valence-corrected chi connectivity index (χ4v) is 4.39. The molecule has 1 heterocycles. The molecule has 11 heteroatoms. The normalized spacial score (nSPS) is 14.2. The second-order valence-corrected chi connectivity index (χ2v) is 10.2. The van der Waals surface area contributed by atoms with E-state index in [0.717, 1.165) is 28.4 Å². The second kappa shape index (κ2) is 12.6. The lowest BCUT2D eigenvalue weighted by Gasteiger charge is -2.16. The summed E-state index contributed by atoms with van der Waals surface area (Å²) >= 11 is 4.96. The lowest BCUT2D eigenvalue weighted by Crippen LogP contribution is -2.32. The summed E-state index contributed by atoms with van der Waals surface area (Å²) in [6, 6.07) is 25.1. The van der Waals surface area contributed by atoms with E-state index in [0.29, 0.717) is 17.2 Å². The zero-order chi connectivity index (χ0) is 29.6. The zero-order valence-electron chi connectivity index (χ0n) is 22.5. The van der Waals surface area contributed by atoms with Crippen molar-refractivity contribution in [3.63, 3.8) is 0 Å². The number of carbonyl (C=O) groups excluding carboxylic acids is 1. The molecule has 0 saturated carbocycles. The topological polar surface area (TPSA) is 94.7 Å². The van der Waals surface area contributed by atoms with Crippen LogP contribution in [0.5, 0.6) is 0 Å². The van der Waals surface area contributed by atoms with E-state index < -0.39 is 29.5 Å². The molecule has 1 amide bonds. The molecule has 8 nitrogen and oxygen atoms in total. The van der Waals surface area contributed by atoms with Crippen LogP contribution in [0.15, 0.2) is 95.8 Å². The highest BCUT2D eigenvalue weighted by atomic mass is 32.1. The van der Waals surface area contributed by atoms with Crippen molar-refractivity contribution in [1.82, 2.24) is 5.32 Å². The third-order valence-corrected chi connectivity index (χ3v) is 6.54. The van der Waals surface area contributed by atoms with Crippen LogP contribution in [0.4, 0.5) is 53.4 Å². The fourth-order valence-electron chi connectivity index (χ4n) is 4.31. The van der Waals surface area contributed by atoms with Crippen molar-refractivity contribution >= 4 is 63.1 Å². The maximum Gasteiger partial charge on any atom is 0.414 e. The van der Waals surface area contributed by atoms with Crippen LogP contribution >= 0.6 is 12.2 Å². The molecule has 0 bridgehead atoms. The van der Waals surface area contributed by atoms with Crippen LogP contribution in [0, 0.1) is 11.6 Å². The molecule has 1 aliphatic rings. The summed E-state index contributed by atoms with van der Waals surface area (Å²) in [4.78, 5) is 26.7. The van der Waals surface area contributed by atoms with Crippen molar-refractivity contribution in [3.05, 3.63) is 113 Å². The van der Waals surface area contributed by atoms with Crippen molar-refractivity contribution in [3.8, 4) is 0 Å². The van der Waals surface area contributed by atoms with Gasteiger partial charge in [-0.05, 0) is 67.6 Å². The number of amides is 1. The first kappa shape index (κ1) is 28.5. The monoisotopic (exact) mass is 587 g/mol. The maximum atomic E-state index is 15.0. The number of cyclic esters (lactones) is 1. The molecule has 1 atom stereocenters. The van der Waals surface area contributed by atoms with Gasteiger partial charge in [-0.1, -0.05) is 30.4 Å². The summed E-state index contributed by atoms with van der Waals surface area (Å²) in [5.41, 5.74) is 2.39. The maximum absolute atomic E-state index is 15.0. The quantitative estimate of drug-likeness (QED) is 0.159. The third kappa shape index (κ3) is 6.99. The molecule has 42 heavy (non-hydrogen) atoms. The Labute approximate surface area is 246 Å². The molecule has 5 rings (SSSR count). The molecule has 0 unspecified atom stereocenters. The van der Waals surface area contributed by atoms with Crippen molar-refractivity contribution in [2.45, 2.75) is 13.0 Å². The standard InChI is InChI=1S/C31H27F2N5O3S/c1-19(42)34-17-25-18-38(31(40)41-25)24-15-26(32)30(27(33)16-24)37-23-11-13-28(29(39)14-12-23)36-22-9-7-21(8-10-22)35-20-5-3-2-4-6-20/h2-16,25,35,37H,17-18H2,1H3,(H,34,42)(H,36,39)/t25-/m0/s1. The van der Waals surface area contributed by atoms with Crippen LogP contribution in [0.2, 0.25) is 0 Å². The molecule has 1 saturated heterocycles. The average Bonchev–Trinajstić information content (AvgIpc) is 3.26. The van der Waals surface area contributed by atoms with Gasteiger partial charge in [0.05, 0.1) is 29.5 Å². The number of anilines is 7. The fraction of sp³-hybridized carbons (Fsp3) is 0.129.